The number of methoxy groups -OCH3 is 1. The molecule has 0 aromatic heterocycles. The monoisotopic (exact) mass is 397 g/mol. The minimum absolute atomic E-state index is 0.0237. The highest BCUT2D eigenvalue weighted by atomic mass is 32.2. The summed E-state index contributed by atoms with van der Waals surface area (Å²) in [7, 11) is -2.27. The van der Waals surface area contributed by atoms with Crippen molar-refractivity contribution < 1.29 is 22.7 Å². The van der Waals surface area contributed by atoms with Gasteiger partial charge in [-0.1, -0.05) is 6.07 Å². The molecule has 1 saturated heterocycles. The normalized spacial score (nSPS) is 21.0. The molecule has 0 unspecified atom stereocenters. The van der Waals surface area contributed by atoms with Gasteiger partial charge in [-0.15, -0.1) is 4.40 Å². The van der Waals surface area contributed by atoms with Crippen LogP contribution in [0.1, 0.15) is 24.8 Å². The first-order valence-corrected chi connectivity index (χ1v) is 10.0. The molecule has 2 aliphatic rings. The number of hydrazine groups is 1. The lowest BCUT2D eigenvalue weighted by atomic mass is 10.1. The van der Waals surface area contributed by atoms with Crippen molar-refractivity contribution >= 4 is 27.6 Å². The molecule has 1 aromatic carbocycles. The van der Waals surface area contributed by atoms with Crippen LogP contribution < -0.4 is 20.6 Å². The fraction of sp³-hybridized carbons (Fsp3) is 0.500. The quantitative estimate of drug-likeness (QED) is 0.613. The lowest BCUT2D eigenvalue weighted by Gasteiger charge is -2.34. The summed E-state index contributed by atoms with van der Waals surface area (Å²) in [5.41, 5.74) is 9.72. The molecule has 11 heteroatoms. The Morgan fingerprint density at radius 2 is 2.26 bits per heavy atom. The van der Waals surface area contributed by atoms with Crippen LogP contribution in [0.15, 0.2) is 22.6 Å². The van der Waals surface area contributed by atoms with Gasteiger partial charge in [0.05, 0.1) is 30.3 Å². The third-order valence-corrected chi connectivity index (χ3v) is 5.19. The molecule has 1 aromatic rings. The van der Waals surface area contributed by atoms with Gasteiger partial charge >= 0.3 is 10.2 Å². The Morgan fingerprint density at radius 3 is 3.04 bits per heavy atom. The van der Waals surface area contributed by atoms with Crippen molar-refractivity contribution in [2.75, 3.05) is 31.6 Å². The van der Waals surface area contributed by atoms with Gasteiger partial charge in [0, 0.05) is 13.7 Å². The predicted molar refractivity (Wildman–Crippen MR) is 99.6 cm³/mol. The van der Waals surface area contributed by atoms with Gasteiger partial charge in [-0.25, -0.2) is 5.43 Å². The molecule has 0 aliphatic carbocycles. The fourth-order valence-corrected chi connectivity index (χ4v) is 3.86. The number of fused-ring (bicyclic) bond motifs is 1. The zero-order valence-corrected chi connectivity index (χ0v) is 15.8. The number of amidine groups is 1. The topological polar surface area (TPSA) is 135 Å². The molecule has 2 aliphatic heterocycles. The summed E-state index contributed by atoms with van der Waals surface area (Å²) in [5, 5.41) is 1.60. The fourth-order valence-electron chi connectivity index (χ4n) is 3.01. The average molecular weight is 397 g/mol. The maximum Gasteiger partial charge on any atom is 0.344 e. The lowest BCUT2D eigenvalue weighted by Crippen LogP contribution is -2.54. The first kappa shape index (κ1) is 19.4. The van der Waals surface area contributed by atoms with Gasteiger partial charge in [0.15, 0.2) is 5.84 Å². The van der Waals surface area contributed by atoms with Crippen LogP contribution in [0.2, 0.25) is 0 Å². The van der Waals surface area contributed by atoms with E-state index in [-0.39, 0.29) is 17.8 Å². The molecule has 0 saturated carbocycles. The SMILES string of the molecule is COCCC(=O)N1CCC[C@H](COc2cccc3c2C(N)=NS(=O)(=O)N3)N1. The number of nitrogens with zero attached hydrogens (tertiary/aromatic N) is 2. The summed E-state index contributed by atoms with van der Waals surface area (Å²) >= 11 is 0. The maximum absolute atomic E-state index is 12.1. The van der Waals surface area contributed by atoms with Gasteiger partial charge in [-0.05, 0) is 25.0 Å². The van der Waals surface area contributed by atoms with Crippen LogP contribution in [0.3, 0.4) is 0 Å². The molecule has 1 fully saturated rings. The van der Waals surface area contributed by atoms with Gasteiger partial charge in [0.1, 0.15) is 12.4 Å². The Labute approximate surface area is 157 Å². The predicted octanol–water partition coefficient (Wildman–Crippen LogP) is -0.0269. The van der Waals surface area contributed by atoms with Crippen molar-refractivity contribution in [2.45, 2.75) is 25.3 Å². The van der Waals surface area contributed by atoms with E-state index in [9.17, 15) is 13.2 Å². The number of benzene rings is 1. The molecule has 148 valence electrons. The number of rotatable bonds is 6. The van der Waals surface area contributed by atoms with Crippen molar-refractivity contribution in [3.05, 3.63) is 23.8 Å². The van der Waals surface area contributed by atoms with Crippen molar-refractivity contribution in [3.63, 3.8) is 0 Å². The van der Waals surface area contributed by atoms with Crippen LogP contribution in [-0.4, -0.2) is 58.1 Å². The van der Waals surface area contributed by atoms with Crippen LogP contribution in [0, 0.1) is 0 Å². The summed E-state index contributed by atoms with van der Waals surface area (Å²) in [6.07, 6.45) is 2.02. The van der Waals surface area contributed by atoms with Crippen LogP contribution in [-0.2, 0) is 19.7 Å². The maximum atomic E-state index is 12.1. The van der Waals surface area contributed by atoms with Gasteiger partial charge in [-0.3, -0.25) is 14.5 Å². The highest BCUT2D eigenvalue weighted by molar-refractivity contribution is 7.91. The minimum atomic E-state index is -3.83. The van der Waals surface area contributed by atoms with E-state index >= 15 is 0 Å². The Balaban J connectivity index is 1.65. The third-order valence-electron chi connectivity index (χ3n) is 4.27. The first-order chi connectivity index (χ1) is 12.9. The molecule has 4 N–H and O–H groups in total. The Morgan fingerprint density at radius 1 is 1.44 bits per heavy atom. The van der Waals surface area contributed by atoms with E-state index in [1.54, 1.807) is 30.3 Å². The number of carbonyl (C=O) groups excluding carboxylic acids is 1. The number of ether oxygens (including phenoxy) is 2. The van der Waals surface area contributed by atoms with E-state index in [0.717, 1.165) is 12.8 Å². The van der Waals surface area contributed by atoms with E-state index in [0.29, 0.717) is 43.2 Å². The second-order valence-electron chi connectivity index (χ2n) is 6.30. The van der Waals surface area contributed by atoms with Gasteiger partial charge < -0.3 is 15.2 Å². The highest BCUT2D eigenvalue weighted by Gasteiger charge is 2.26. The average Bonchev–Trinajstić information content (AvgIpc) is 2.63. The number of hydrogen-bond donors (Lipinski definition) is 3. The van der Waals surface area contributed by atoms with Crippen molar-refractivity contribution in [1.29, 1.82) is 0 Å². The van der Waals surface area contributed by atoms with Crippen LogP contribution in [0.4, 0.5) is 5.69 Å². The molecule has 1 amide bonds. The number of amides is 1. The Hall–Kier alpha value is -2.37. The molecule has 10 nitrogen and oxygen atoms in total. The van der Waals surface area contributed by atoms with Crippen LogP contribution in [0.25, 0.3) is 0 Å². The van der Waals surface area contributed by atoms with Gasteiger partial charge in [0.25, 0.3) is 0 Å². The van der Waals surface area contributed by atoms with Crippen LogP contribution in [0.5, 0.6) is 5.75 Å². The molecule has 0 bridgehead atoms. The van der Waals surface area contributed by atoms with Gasteiger partial charge in [-0.2, -0.15) is 8.42 Å². The number of hydrogen-bond acceptors (Lipinski definition) is 7. The third kappa shape index (κ3) is 4.67. The molecule has 0 radical (unpaired) electrons. The Kier molecular flexibility index (Phi) is 5.82. The number of nitrogens with two attached hydrogens (primary N) is 1. The molecule has 2 heterocycles. The van der Waals surface area contributed by atoms with E-state index < -0.39 is 10.2 Å². The second kappa shape index (κ2) is 8.11. The van der Waals surface area contributed by atoms with E-state index in [2.05, 4.69) is 14.5 Å². The van der Waals surface area contributed by atoms with Crippen molar-refractivity contribution in [3.8, 4) is 5.75 Å². The molecular weight excluding hydrogens is 374 g/mol. The first-order valence-electron chi connectivity index (χ1n) is 8.59. The molecular formula is C16H23N5O5S. The standard InChI is InChI=1S/C16H23N5O5S/c1-25-9-7-14(22)21-8-3-4-11(18-21)10-26-13-6-2-5-12-15(13)16(17)20-27(23,24)19-12/h2,5-6,11,18-19H,3-4,7-10H2,1H3,(H2,17,20)/t11-/m1/s1. The second-order valence-corrected chi connectivity index (χ2v) is 7.64. The summed E-state index contributed by atoms with van der Waals surface area (Å²) in [4.78, 5) is 12.1. The molecule has 1 atom stereocenters. The van der Waals surface area contributed by atoms with E-state index in [1.165, 1.54) is 0 Å². The van der Waals surface area contributed by atoms with Crippen molar-refractivity contribution in [1.82, 2.24) is 10.4 Å². The summed E-state index contributed by atoms with van der Waals surface area (Å²) in [5.74, 6) is 0.289. The molecule has 0 spiro atoms. The van der Waals surface area contributed by atoms with E-state index in [1.807, 2.05) is 0 Å². The highest BCUT2D eigenvalue weighted by Crippen LogP contribution is 2.30. The number of anilines is 1. The minimum Gasteiger partial charge on any atom is -0.491 e. The summed E-state index contributed by atoms with van der Waals surface area (Å²) < 4.78 is 39.9. The largest absolute Gasteiger partial charge is 0.491 e. The molecule has 27 heavy (non-hydrogen) atoms. The van der Waals surface area contributed by atoms with Crippen LogP contribution >= 0.6 is 0 Å². The smallest absolute Gasteiger partial charge is 0.344 e. The summed E-state index contributed by atoms with van der Waals surface area (Å²) in [6.45, 7) is 1.31. The Bertz CT molecular complexity index is 842. The zero-order valence-electron chi connectivity index (χ0n) is 15.0. The molecule has 3 rings (SSSR count). The summed E-state index contributed by atoms with van der Waals surface area (Å²) in [6, 6.07) is 4.91. The van der Waals surface area contributed by atoms with Crippen molar-refractivity contribution in [2.24, 2.45) is 10.1 Å². The van der Waals surface area contributed by atoms with Gasteiger partial charge in [0.2, 0.25) is 5.91 Å². The zero-order chi connectivity index (χ0) is 19.4. The van der Waals surface area contributed by atoms with E-state index in [4.69, 9.17) is 15.2 Å². The number of carbonyl (C=O) groups is 1. The lowest BCUT2D eigenvalue weighted by molar-refractivity contribution is -0.138. The number of nitrogens with one attached hydrogen (secondary N) is 2.